The van der Waals surface area contributed by atoms with Crippen molar-refractivity contribution in [1.82, 2.24) is 4.98 Å². The van der Waals surface area contributed by atoms with Crippen molar-refractivity contribution >= 4 is 5.97 Å². The Balaban J connectivity index is 3.10. The molecule has 0 fully saturated rings. The standard InChI is InChI=1S/C10H13NO3/c1-3-7-5-11-6-8(9(7)12)10(13)14-4-2/h5-6H,3-4H2,1-2H3,(H,11,12). The first-order valence-corrected chi connectivity index (χ1v) is 4.57. The van der Waals surface area contributed by atoms with E-state index in [1.165, 1.54) is 6.20 Å². The molecule has 0 aliphatic carbocycles. The van der Waals surface area contributed by atoms with Crippen LogP contribution in [-0.2, 0) is 11.2 Å². The van der Waals surface area contributed by atoms with Crippen LogP contribution in [0.4, 0.5) is 0 Å². The number of hydrogen-bond donors (Lipinski definition) is 1. The predicted octanol–water partition coefficient (Wildman–Crippen LogP) is 1.11. The highest BCUT2D eigenvalue weighted by atomic mass is 16.5. The summed E-state index contributed by atoms with van der Waals surface area (Å²) in [4.78, 5) is 25.6. The van der Waals surface area contributed by atoms with Gasteiger partial charge in [-0.2, -0.15) is 0 Å². The van der Waals surface area contributed by atoms with Gasteiger partial charge in [-0.1, -0.05) is 6.92 Å². The number of ether oxygens (including phenoxy) is 1. The fourth-order valence-corrected chi connectivity index (χ4v) is 1.15. The molecule has 1 N–H and O–H groups in total. The molecule has 0 amide bonds. The van der Waals surface area contributed by atoms with Gasteiger partial charge in [0.2, 0.25) is 0 Å². The number of H-pyrrole nitrogens is 1. The van der Waals surface area contributed by atoms with Crippen LogP contribution in [-0.4, -0.2) is 17.6 Å². The number of aromatic amines is 1. The monoisotopic (exact) mass is 195 g/mol. The molecule has 14 heavy (non-hydrogen) atoms. The summed E-state index contributed by atoms with van der Waals surface area (Å²) in [5.41, 5.74) is 0.423. The van der Waals surface area contributed by atoms with Crippen LogP contribution in [0.3, 0.4) is 0 Å². The van der Waals surface area contributed by atoms with Crippen molar-refractivity contribution in [2.75, 3.05) is 6.61 Å². The van der Waals surface area contributed by atoms with Gasteiger partial charge in [-0.3, -0.25) is 4.79 Å². The van der Waals surface area contributed by atoms with E-state index < -0.39 is 5.97 Å². The summed E-state index contributed by atoms with van der Waals surface area (Å²) in [6.07, 6.45) is 3.58. The molecule has 0 aliphatic heterocycles. The summed E-state index contributed by atoms with van der Waals surface area (Å²) in [5.74, 6) is -0.566. The molecular formula is C10H13NO3. The van der Waals surface area contributed by atoms with Crippen molar-refractivity contribution in [3.8, 4) is 0 Å². The maximum Gasteiger partial charge on any atom is 0.343 e. The first-order chi connectivity index (χ1) is 6.70. The number of carbonyl (C=O) groups excluding carboxylic acids is 1. The van der Waals surface area contributed by atoms with Crippen LogP contribution in [0, 0.1) is 0 Å². The van der Waals surface area contributed by atoms with E-state index in [0.29, 0.717) is 12.0 Å². The minimum atomic E-state index is -0.566. The molecule has 1 aromatic rings. The van der Waals surface area contributed by atoms with Gasteiger partial charge in [0.15, 0.2) is 5.43 Å². The Kier molecular flexibility index (Phi) is 3.45. The second kappa shape index (κ2) is 4.60. The SMILES string of the molecule is CCOC(=O)c1c[nH]cc(CC)c1=O. The third kappa shape index (κ3) is 2.02. The molecule has 0 aromatic carbocycles. The van der Waals surface area contributed by atoms with Crippen LogP contribution in [0.2, 0.25) is 0 Å². The number of esters is 1. The van der Waals surface area contributed by atoms with Gasteiger partial charge >= 0.3 is 5.97 Å². The molecule has 0 radical (unpaired) electrons. The number of pyridine rings is 1. The highest BCUT2D eigenvalue weighted by Gasteiger charge is 2.12. The molecule has 4 heteroatoms. The maximum absolute atomic E-state index is 11.6. The third-order valence-corrected chi connectivity index (χ3v) is 1.90. The van der Waals surface area contributed by atoms with E-state index in [4.69, 9.17) is 4.74 Å². The molecular weight excluding hydrogens is 182 g/mol. The minimum absolute atomic E-state index is 0.0752. The summed E-state index contributed by atoms with van der Waals surface area (Å²) >= 11 is 0. The van der Waals surface area contributed by atoms with Crippen LogP contribution in [0.5, 0.6) is 0 Å². The van der Waals surface area contributed by atoms with E-state index in [1.807, 2.05) is 6.92 Å². The first kappa shape index (κ1) is 10.5. The van der Waals surface area contributed by atoms with Gasteiger partial charge in [-0.25, -0.2) is 4.79 Å². The Labute approximate surface area is 81.9 Å². The van der Waals surface area contributed by atoms with Crippen LogP contribution in [0.15, 0.2) is 17.2 Å². The second-order valence-electron chi connectivity index (χ2n) is 2.80. The molecule has 0 unspecified atom stereocenters. The van der Waals surface area contributed by atoms with E-state index in [9.17, 15) is 9.59 Å². The topological polar surface area (TPSA) is 59.2 Å². The number of hydrogen-bond acceptors (Lipinski definition) is 3. The average molecular weight is 195 g/mol. The molecule has 0 spiro atoms. The molecule has 0 saturated heterocycles. The van der Waals surface area contributed by atoms with Crippen molar-refractivity contribution in [1.29, 1.82) is 0 Å². The van der Waals surface area contributed by atoms with Crippen LogP contribution >= 0.6 is 0 Å². The summed E-state index contributed by atoms with van der Waals surface area (Å²) in [7, 11) is 0. The van der Waals surface area contributed by atoms with Crippen LogP contribution < -0.4 is 5.43 Å². The lowest BCUT2D eigenvalue weighted by atomic mass is 10.1. The molecule has 4 nitrogen and oxygen atoms in total. The number of aromatic nitrogens is 1. The smallest absolute Gasteiger partial charge is 0.343 e. The van der Waals surface area contributed by atoms with Crippen molar-refractivity contribution < 1.29 is 9.53 Å². The van der Waals surface area contributed by atoms with Gasteiger partial charge in [0.25, 0.3) is 0 Å². The van der Waals surface area contributed by atoms with Gasteiger partial charge in [0.1, 0.15) is 5.56 Å². The summed E-state index contributed by atoms with van der Waals surface area (Å²) < 4.78 is 4.75. The second-order valence-corrected chi connectivity index (χ2v) is 2.80. The molecule has 1 aromatic heterocycles. The van der Waals surface area contributed by atoms with E-state index in [2.05, 4.69) is 4.98 Å². The summed E-state index contributed by atoms with van der Waals surface area (Å²) in [6, 6.07) is 0. The van der Waals surface area contributed by atoms with Gasteiger partial charge in [0.05, 0.1) is 6.61 Å². The van der Waals surface area contributed by atoms with Gasteiger partial charge < -0.3 is 9.72 Å². The largest absolute Gasteiger partial charge is 0.462 e. The van der Waals surface area contributed by atoms with E-state index in [0.717, 1.165) is 0 Å². The van der Waals surface area contributed by atoms with Crippen LogP contribution in [0.1, 0.15) is 29.8 Å². The Bertz CT molecular complexity index is 381. The zero-order chi connectivity index (χ0) is 10.6. The predicted molar refractivity (Wildman–Crippen MR) is 52.4 cm³/mol. The zero-order valence-electron chi connectivity index (χ0n) is 8.29. The normalized spacial score (nSPS) is 9.86. The average Bonchev–Trinajstić information content (AvgIpc) is 2.18. The molecule has 1 rings (SSSR count). The molecule has 0 saturated carbocycles. The Hall–Kier alpha value is -1.58. The Morgan fingerprint density at radius 1 is 1.43 bits per heavy atom. The van der Waals surface area contributed by atoms with Crippen molar-refractivity contribution in [3.05, 3.63) is 33.7 Å². The van der Waals surface area contributed by atoms with Crippen molar-refractivity contribution in [2.45, 2.75) is 20.3 Å². The van der Waals surface area contributed by atoms with E-state index in [-0.39, 0.29) is 17.6 Å². The molecule has 76 valence electrons. The number of carbonyl (C=O) groups is 1. The molecule has 0 aliphatic rings. The summed E-state index contributed by atoms with van der Waals surface area (Å²) in [5, 5.41) is 0. The van der Waals surface area contributed by atoms with Crippen molar-refractivity contribution in [3.63, 3.8) is 0 Å². The fourth-order valence-electron chi connectivity index (χ4n) is 1.15. The molecule has 0 atom stereocenters. The minimum Gasteiger partial charge on any atom is -0.462 e. The first-order valence-electron chi connectivity index (χ1n) is 4.57. The molecule has 0 bridgehead atoms. The lowest BCUT2D eigenvalue weighted by Gasteiger charge is -2.02. The lowest BCUT2D eigenvalue weighted by Crippen LogP contribution is -2.20. The van der Waals surface area contributed by atoms with E-state index >= 15 is 0 Å². The number of rotatable bonds is 3. The number of aryl methyl sites for hydroxylation is 1. The number of nitrogens with one attached hydrogen (secondary N) is 1. The van der Waals surface area contributed by atoms with Gasteiger partial charge in [-0.05, 0) is 13.3 Å². The van der Waals surface area contributed by atoms with E-state index in [1.54, 1.807) is 13.1 Å². The molecule has 1 heterocycles. The van der Waals surface area contributed by atoms with Gasteiger partial charge in [0, 0.05) is 18.0 Å². The Morgan fingerprint density at radius 2 is 2.14 bits per heavy atom. The van der Waals surface area contributed by atoms with Crippen molar-refractivity contribution in [2.24, 2.45) is 0 Å². The Morgan fingerprint density at radius 3 is 2.71 bits per heavy atom. The lowest BCUT2D eigenvalue weighted by molar-refractivity contribution is 0.0524. The highest BCUT2D eigenvalue weighted by molar-refractivity contribution is 5.89. The highest BCUT2D eigenvalue weighted by Crippen LogP contribution is 1.97. The summed E-state index contributed by atoms with van der Waals surface area (Å²) in [6.45, 7) is 3.84. The zero-order valence-corrected chi connectivity index (χ0v) is 8.29. The quantitative estimate of drug-likeness (QED) is 0.735. The van der Waals surface area contributed by atoms with Gasteiger partial charge in [-0.15, -0.1) is 0 Å². The third-order valence-electron chi connectivity index (χ3n) is 1.90. The fraction of sp³-hybridized carbons (Fsp3) is 0.400. The van der Waals surface area contributed by atoms with Crippen LogP contribution in [0.25, 0.3) is 0 Å². The maximum atomic E-state index is 11.6.